The lowest BCUT2D eigenvalue weighted by Crippen LogP contribution is -2.45. The van der Waals surface area contributed by atoms with Gasteiger partial charge < -0.3 is 15.7 Å². The van der Waals surface area contributed by atoms with E-state index in [9.17, 15) is 9.90 Å². The molecule has 0 radical (unpaired) electrons. The fourth-order valence-electron chi connectivity index (χ4n) is 2.60. The van der Waals surface area contributed by atoms with Gasteiger partial charge in [0, 0.05) is 24.7 Å². The summed E-state index contributed by atoms with van der Waals surface area (Å²) in [5, 5.41) is 9.24. The highest BCUT2D eigenvalue weighted by molar-refractivity contribution is 5.95. The number of rotatable bonds is 3. The van der Waals surface area contributed by atoms with Gasteiger partial charge in [-0.05, 0) is 23.8 Å². The zero-order valence-electron chi connectivity index (χ0n) is 11.0. The molecule has 0 saturated carbocycles. The van der Waals surface area contributed by atoms with E-state index < -0.39 is 5.97 Å². The third-order valence-electron chi connectivity index (χ3n) is 3.75. The van der Waals surface area contributed by atoms with Crippen molar-refractivity contribution in [3.8, 4) is 0 Å². The summed E-state index contributed by atoms with van der Waals surface area (Å²) in [5.74, 6) is -0.456. The molecule has 1 heterocycles. The van der Waals surface area contributed by atoms with Crippen molar-refractivity contribution < 1.29 is 9.90 Å². The fourth-order valence-corrected chi connectivity index (χ4v) is 2.60. The Morgan fingerprint density at radius 2 is 1.85 bits per heavy atom. The average Bonchev–Trinajstić information content (AvgIpc) is 2.38. The molecule has 0 aromatic heterocycles. The smallest absolute Gasteiger partial charge is 0.337 e. The molecule has 0 aliphatic carbocycles. The number of nitrogens with two attached hydrogens (primary N) is 1. The second-order valence-corrected chi connectivity index (χ2v) is 5.09. The molecule has 3 N–H and O–H groups in total. The second kappa shape index (κ2) is 4.89. The molecule has 0 atom stereocenters. The Hall–Kier alpha value is -2.49. The highest BCUT2D eigenvalue weighted by atomic mass is 16.4. The van der Waals surface area contributed by atoms with Crippen molar-refractivity contribution in [1.29, 1.82) is 0 Å². The Kier molecular flexibility index (Phi) is 3.06. The van der Waals surface area contributed by atoms with Crippen LogP contribution in [0.4, 0.5) is 11.4 Å². The number of hydrogen-bond donors (Lipinski definition) is 2. The normalized spacial score (nSPS) is 14.9. The first-order chi connectivity index (χ1) is 9.65. The van der Waals surface area contributed by atoms with Crippen LogP contribution in [0.25, 0.3) is 0 Å². The van der Waals surface area contributed by atoms with Gasteiger partial charge in [0.1, 0.15) is 0 Å². The van der Waals surface area contributed by atoms with Gasteiger partial charge in [-0.1, -0.05) is 30.3 Å². The fraction of sp³-hybridized carbons (Fsp3) is 0.188. The van der Waals surface area contributed by atoms with Crippen LogP contribution in [-0.2, 0) is 0 Å². The SMILES string of the molecule is Nc1ccc(C(=O)O)c(N2CC(c3ccccc3)C2)c1. The summed E-state index contributed by atoms with van der Waals surface area (Å²) in [6.45, 7) is 1.65. The maximum absolute atomic E-state index is 11.3. The van der Waals surface area contributed by atoms with Crippen LogP contribution in [0.2, 0.25) is 0 Å². The Bertz CT molecular complexity index is 634. The average molecular weight is 268 g/mol. The molecular weight excluding hydrogens is 252 g/mol. The summed E-state index contributed by atoms with van der Waals surface area (Å²) < 4.78 is 0. The molecule has 2 aromatic carbocycles. The van der Waals surface area contributed by atoms with Crippen molar-refractivity contribution in [2.24, 2.45) is 0 Å². The molecular formula is C16H16N2O2. The standard InChI is InChI=1S/C16H16N2O2/c17-13-6-7-14(16(19)20)15(8-13)18-9-12(10-18)11-4-2-1-3-5-11/h1-8,12H,9-10,17H2,(H,19,20). The van der Waals surface area contributed by atoms with Crippen LogP contribution in [0, 0.1) is 0 Å². The summed E-state index contributed by atoms with van der Waals surface area (Å²) in [4.78, 5) is 13.3. The molecule has 102 valence electrons. The summed E-state index contributed by atoms with van der Waals surface area (Å²) in [6, 6.07) is 15.2. The summed E-state index contributed by atoms with van der Waals surface area (Å²) >= 11 is 0. The van der Waals surface area contributed by atoms with E-state index in [1.54, 1.807) is 18.2 Å². The minimum Gasteiger partial charge on any atom is -0.478 e. The van der Waals surface area contributed by atoms with Crippen LogP contribution >= 0.6 is 0 Å². The Morgan fingerprint density at radius 3 is 2.50 bits per heavy atom. The third kappa shape index (κ3) is 2.20. The van der Waals surface area contributed by atoms with Gasteiger partial charge in [-0.15, -0.1) is 0 Å². The zero-order valence-corrected chi connectivity index (χ0v) is 11.0. The Balaban J connectivity index is 1.80. The predicted octanol–water partition coefficient (Wildman–Crippen LogP) is 2.57. The number of nitrogens with zero attached hydrogens (tertiary/aromatic N) is 1. The molecule has 2 aromatic rings. The maximum Gasteiger partial charge on any atom is 0.337 e. The first-order valence-corrected chi connectivity index (χ1v) is 6.58. The largest absolute Gasteiger partial charge is 0.478 e. The molecule has 4 nitrogen and oxygen atoms in total. The van der Waals surface area contributed by atoms with Crippen LogP contribution in [0.1, 0.15) is 21.8 Å². The van der Waals surface area contributed by atoms with Gasteiger partial charge in [0.2, 0.25) is 0 Å². The molecule has 0 spiro atoms. The van der Waals surface area contributed by atoms with Crippen molar-refractivity contribution in [2.45, 2.75) is 5.92 Å². The van der Waals surface area contributed by atoms with Crippen LogP contribution < -0.4 is 10.6 Å². The molecule has 0 unspecified atom stereocenters. The molecule has 3 rings (SSSR count). The van der Waals surface area contributed by atoms with Crippen molar-refractivity contribution in [1.82, 2.24) is 0 Å². The number of hydrogen-bond acceptors (Lipinski definition) is 3. The molecule has 1 saturated heterocycles. The molecule has 1 aliphatic rings. The molecule has 1 aliphatic heterocycles. The molecule has 1 fully saturated rings. The zero-order chi connectivity index (χ0) is 14.1. The predicted molar refractivity (Wildman–Crippen MR) is 79.2 cm³/mol. The second-order valence-electron chi connectivity index (χ2n) is 5.09. The topological polar surface area (TPSA) is 66.6 Å². The van der Waals surface area contributed by atoms with Gasteiger partial charge in [0.15, 0.2) is 0 Å². The van der Waals surface area contributed by atoms with Crippen LogP contribution in [0.5, 0.6) is 0 Å². The van der Waals surface area contributed by atoms with Crippen LogP contribution in [0.3, 0.4) is 0 Å². The van der Waals surface area contributed by atoms with Gasteiger partial charge in [0.25, 0.3) is 0 Å². The van der Waals surface area contributed by atoms with Gasteiger partial charge in [-0.3, -0.25) is 0 Å². The number of nitrogen functional groups attached to an aromatic ring is 1. The quantitative estimate of drug-likeness (QED) is 0.840. The lowest BCUT2D eigenvalue weighted by Gasteiger charge is -2.42. The van der Waals surface area contributed by atoms with E-state index in [2.05, 4.69) is 17.0 Å². The minimum atomic E-state index is -0.914. The van der Waals surface area contributed by atoms with E-state index in [1.807, 2.05) is 18.2 Å². The minimum absolute atomic E-state index is 0.311. The van der Waals surface area contributed by atoms with Gasteiger partial charge in [0.05, 0.1) is 11.3 Å². The number of aromatic carboxylic acids is 1. The van der Waals surface area contributed by atoms with Gasteiger partial charge >= 0.3 is 5.97 Å². The van der Waals surface area contributed by atoms with E-state index in [4.69, 9.17) is 5.73 Å². The summed E-state index contributed by atoms with van der Waals surface area (Å²) in [7, 11) is 0. The van der Waals surface area contributed by atoms with Crippen molar-refractivity contribution in [3.63, 3.8) is 0 Å². The van der Waals surface area contributed by atoms with E-state index in [0.29, 0.717) is 22.9 Å². The van der Waals surface area contributed by atoms with E-state index in [-0.39, 0.29) is 0 Å². The number of carboxylic acid groups (broad SMARTS) is 1. The van der Waals surface area contributed by atoms with E-state index >= 15 is 0 Å². The highest BCUT2D eigenvalue weighted by Gasteiger charge is 2.30. The molecule has 0 bridgehead atoms. The highest BCUT2D eigenvalue weighted by Crippen LogP contribution is 2.34. The van der Waals surface area contributed by atoms with Crippen molar-refractivity contribution in [3.05, 3.63) is 59.7 Å². The number of carboxylic acids is 1. The van der Waals surface area contributed by atoms with Crippen LogP contribution in [0.15, 0.2) is 48.5 Å². The molecule has 4 heteroatoms. The molecule has 0 amide bonds. The van der Waals surface area contributed by atoms with Crippen molar-refractivity contribution in [2.75, 3.05) is 23.7 Å². The first kappa shape index (κ1) is 12.5. The summed E-state index contributed by atoms with van der Waals surface area (Å²) in [5.41, 5.74) is 8.68. The van der Waals surface area contributed by atoms with Crippen LogP contribution in [-0.4, -0.2) is 24.2 Å². The third-order valence-corrected chi connectivity index (χ3v) is 3.75. The van der Waals surface area contributed by atoms with Gasteiger partial charge in [-0.2, -0.15) is 0 Å². The monoisotopic (exact) mass is 268 g/mol. The van der Waals surface area contributed by atoms with E-state index in [1.165, 1.54) is 5.56 Å². The number of carbonyl (C=O) groups is 1. The van der Waals surface area contributed by atoms with Gasteiger partial charge in [-0.25, -0.2) is 4.79 Å². The maximum atomic E-state index is 11.3. The Morgan fingerprint density at radius 1 is 1.15 bits per heavy atom. The lowest BCUT2D eigenvalue weighted by atomic mass is 9.90. The lowest BCUT2D eigenvalue weighted by molar-refractivity contribution is 0.0697. The summed E-state index contributed by atoms with van der Waals surface area (Å²) in [6.07, 6.45) is 0. The van der Waals surface area contributed by atoms with E-state index in [0.717, 1.165) is 13.1 Å². The van der Waals surface area contributed by atoms with Crippen molar-refractivity contribution >= 4 is 17.3 Å². The number of anilines is 2. The Labute approximate surface area is 117 Å². The molecule has 20 heavy (non-hydrogen) atoms. The first-order valence-electron chi connectivity index (χ1n) is 6.58. The number of benzene rings is 2.